The van der Waals surface area contributed by atoms with E-state index in [1.54, 1.807) is 0 Å². The number of nitrogens with one attached hydrogen (secondary N) is 1. The quantitative estimate of drug-likeness (QED) is 0.689. The average molecular weight is 375 g/mol. The summed E-state index contributed by atoms with van der Waals surface area (Å²) in [6.07, 6.45) is 0. The number of rotatable bonds is 5. The first kappa shape index (κ1) is 17.1. The average Bonchev–Trinajstić information content (AvgIpc) is 3.09. The van der Waals surface area contributed by atoms with Gasteiger partial charge in [0.25, 0.3) is 10.0 Å². The first-order valence-corrected chi connectivity index (χ1v) is 9.40. The van der Waals surface area contributed by atoms with E-state index in [-0.39, 0.29) is 15.6 Å². The van der Waals surface area contributed by atoms with E-state index < -0.39 is 16.0 Å². The summed E-state index contributed by atoms with van der Waals surface area (Å²) in [4.78, 5) is 11.5. The molecule has 25 heavy (non-hydrogen) atoms. The Labute approximate surface area is 148 Å². The number of benzene rings is 2. The lowest BCUT2D eigenvalue weighted by atomic mass is 10.2. The van der Waals surface area contributed by atoms with E-state index in [1.807, 2.05) is 30.3 Å². The highest BCUT2D eigenvalue weighted by Crippen LogP contribution is 2.27. The normalized spacial score (nSPS) is 11.1. The van der Waals surface area contributed by atoms with Crippen molar-refractivity contribution in [2.75, 3.05) is 11.8 Å². The smallest absolute Gasteiger partial charge is 0.337 e. The maximum Gasteiger partial charge on any atom is 0.337 e. The second-order valence-corrected chi connectivity index (χ2v) is 7.56. The van der Waals surface area contributed by atoms with E-state index in [2.05, 4.69) is 19.7 Å². The number of anilines is 1. The van der Waals surface area contributed by atoms with Gasteiger partial charge in [-0.05, 0) is 18.2 Å². The molecular weight excluding hydrogens is 362 g/mol. The molecule has 1 N–H and O–H groups in total. The topological polar surface area (TPSA) is 98.2 Å². The molecule has 0 aliphatic heterocycles. The van der Waals surface area contributed by atoms with Crippen molar-refractivity contribution in [3.05, 3.63) is 60.2 Å². The minimum atomic E-state index is -3.90. The summed E-state index contributed by atoms with van der Waals surface area (Å²) in [5.41, 5.74) is 0.991. The lowest BCUT2D eigenvalue weighted by Gasteiger charge is -2.06. The minimum Gasteiger partial charge on any atom is -0.465 e. The summed E-state index contributed by atoms with van der Waals surface area (Å²) < 4.78 is 31.9. The van der Waals surface area contributed by atoms with Gasteiger partial charge in [-0.3, -0.25) is 4.72 Å². The zero-order valence-corrected chi connectivity index (χ0v) is 14.7. The zero-order chi connectivity index (χ0) is 17.9. The van der Waals surface area contributed by atoms with Crippen LogP contribution >= 0.6 is 11.3 Å². The van der Waals surface area contributed by atoms with E-state index in [0.717, 1.165) is 16.9 Å². The van der Waals surface area contributed by atoms with Crippen LogP contribution in [-0.4, -0.2) is 31.7 Å². The molecule has 128 valence electrons. The maximum absolute atomic E-state index is 12.5. The predicted octanol–water partition coefficient (Wildman–Crippen LogP) is 2.79. The van der Waals surface area contributed by atoms with Crippen LogP contribution in [0.5, 0.6) is 0 Å². The summed E-state index contributed by atoms with van der Waals surface area (Å²) in [6.45, 7) is 0. The van der Waals surface area contributed by atoms with Crippen molar-refractivity contribution >= 4 is 32.5 Å². The number of ether oxygens (including phenoxy) is 1. The van der Waals surface area contributed by atoms with Gasteiger partial charge < -0.3 is 4.74 Å². The van der Waals surface area contributed by atoms with Gasteiger partial charge in [-0.2, -0.15) is 0 Å². The van der Waals surface area contributed by atoms with Gasteiger partial charge in [0, 0.05) is 5.56 Å². The van der Waals surface area contributed by atoms with Gasteiger partial charge in [0.15, 0.2) is 0 Å². The number of hydrogen-bond acceptors (Lipinski definition) is 7. The standard InChI is InChI=1S/C16H13N3O4S2/c1-23-15(20)12-8-5-9-13(10-12)25(21,22)19-16-18-17-14(24-16)11-6-3-2-4-7-11/h2-10H,1H3,(H,18,19). The van der Waals surface area contributed by atoms with Crippen molar-refractivity contribution in [2.24, 2.45) is 0 Å². The van der Waals surface area contributed by atoms with Crippen LogP contribution in [0.25, 0.3) is 10.6 Å². The van der Waals surface area contributed by atoms with Crippen LogP contribution in [0.1, 0.15) is 10.4 Å². The van der Waals surface area contributed by atoms with Crippen molar-refractivity contribution < 1.29 is 17.9 Å². The van der Waals surface area contributed by atoms with Crippen LogP contribution in [0.4, 0.5) is 5.13 Å². The fourth-order valence-corrected chi connectivity index (χ4v) is 4.07. The third-order valence-electron chi connectivity index (χ3n) is 3.23. The number of aromatic nitrogens is 2. The maximum atomic E-state index is 12.5. The molecule has 0 saturated heterocycles. The molecule has 9 heteroatoms. The Bertz CT molecular complexity index is 1000. The van der Waals surface area contributed by atoms with E-state index >= 15 is 0 Å². The van der Waals surface area contributed by atoms with Gasteiger partial charge >= 0.3 is 5.97 Å². The molecule has 7 nitrogen and oxygen atoms in total. The highest BCUT2D eigenvalue weighted by Gasteiger charge is 2.19. The molecule has 0 amide bonds. The zero-order valence-electron chi connectivity index (χ0n) is 13.0. The largest absolute Gasteiger partial charge is 0.465 e. The van der Waals surface area contributed by atoms with Crippen molar-refractivity contribution in [1.82, 2.24) is 10.2 Å². The summed E-state index contributed by atoms with van der Waals surface area (Å²) >= 11 is 1.12. The molecule has 0 aliphatic rings. The summed E-state index contributed by atoms with van der Waals surface area (Å²) in [5, 5.41) is 8.59. The number of sulfonamides is 1. The van der Waals surface area contributed by atoms with Crippen LogP contribution < -0.4 is 4.72 Å². The molecule has 0 saturated carbocycles. The second-order valence-electron chi connectivity index (χ2n) is 4.90. The number of nitrogens with zero attached hydrogens (tertiary/aromatic N) is 2. The molecule has 0 spiro atoms. The van der Waals surface area contributed by atoms with Crippen LogP contribution in [0, 0.1) is 0 Å². The molecule has 1 heterocycles. The molecule has 2 aromatic carbocycles. The van der Waals surface area contributed by atoms with Crippen LogP contribution in [-0.2, 0) is 14.8 Å². The first-order valence-electron chi connectivity index (χ1n) is 7.10. The van der Waals surface area contributed by atoms with Crippen molar-refractivity contribution in [3.8, 4) is 10.6 Å². The van der Waals surface area contributed by atoms with Gasteiger partial charge in [0.2, 0.25) is 5.13 Å². The molecular formula is C16H13N3O4S2. The lowest BCUT2D eigenvalue weighted by molar-refractivity contribution is 0.0600. The fourth-order valence-electron chi connectivity index (χ4n) is 2.04. The minimum absolute atomic E-state index is 0.0631. The Morgan fingerprint density at radius 1 is 1.08 bits per heavy atom. The van der Waals surface area contributed by atoms with Crippen molar-refractivity contribution in [3.63, 3.8) is 0 Å². The third-order valence-corrected chi connectivity index (χ3v) is 5.59. The number of esters is 1. The number of carbonyl (C=O) groups is 1. The first-order chi connectivity index (χ1) is 12.0. The lowest BCUT2D eigenvalue weighted by Crippen LogP contribution is -2.13. The molecule has 3 aromatic rings. The molecule has 3 rings (SSSR count). The molecule has 0 bridgehead atoms. The molecule has 0 atom stereocenters. The summed E-state index contributed by atoms with van der Waals surface area (Å²) in [5.74, 6) is -0.612. The molecule has 0 fully saturated rings. The number of methoxy groups -OCH3 is 1. The van der Waals surface area contributed by atoms with Gasteiger partial charge in [-0.15, -0.1) is 10.2 Å². The van der Waals surface area contributed by atoms with E-state index in [9.17, 15) is 13.2 Å². The van der Waals surface area contributed by atoms with E-state index in [4.69, 9.17) is 0 Å². The highest BCUT2D eigenvalue weighted by molar-refractivity contribution is 7.93. The molecule has 0 radical (unpaired) electrons. The SMILES string of the molecule is COC(=O)c1cccc(S(=O)(=O)Nc2nnc(-c3ccccc3)s2)c1. The van der Waals surface area contributed by atoms with Crippen LogP contribution in [0.3, 0.4) is 0 Å². The van der Waals surface area contributed by atoms with Crippen LogP contribution in [0.15, 0.2) is 59.5 Å². The Morgan fingerprint density at radius 3 is 2.56 bits per heavy atom. The number of hydrogen-bond donors (Lipinski definition) is 1. The molecule has 0 aliphatic carbocycles. The fraction of sp³-hybridized carbons (Fsp3) is 0.0625. The van der Waals surface area contributed by atoms with Crippen molar-refractivity contribution in [2.45, 2.75) is 4.90 Å². The van der Waals surface area contributed by atoms with Gasteiger partial charge in [-0.25, -0.2) is 13.2 Å². The van der Waals surface area contributed by atoms with Crippen molar-refractivity contribution in [1.29, 1.82) is 0 Å². The van der Waals surface area contributed by atoms with Crippen LogP contribution in [0.2, 0.25) is 0 Å². The second kappa shape index (κ2) is 6.99. The summed E-state index contributed by atoms with van der Waals surface area (Å²) in [6, 6.07) is 14.9. The highest BCUT2D eigenvalue weighted by atomic mass is 32.2. The summed E-state index contributed by atoms with van der Waals surface area (Å²) in [7, 11) is -2.67. The Kier molecular flexibility index (Phi) is 4.77. The predicted molar refractivity (Wildman–Crippen MR) is 93.9 cm³/mol. The Balaban J connectivity index is 1.85. The van der Waals surface area contributed by atoms with E-state index in [0.29, 0.717) is 5.01 Å². The Hall–Kier alpha value is -2.78. The van der Waals surface area contributed by atoms with Gasteiger partial charge in [-0.1, -0.05) is 47.7 Å². The third kappa shape index (κ3) is 3.83. The van der Waals surface area contributed by atoms with E-state index in [1.165, 1.54) is 31.4 Å². The van der Waals surface area contributed by atoms with Gasteiger partial charge in [0.05, 0.1) is 17.6 Å². The number of carbonyl (C=O) groups excluding carboxylic acids is 1. The van der Waals surface area contributed by atoms with Gasteiger partial charge in [0.1, 0.15) is 5.01 Å². The molecule has 0 unspecified atom stereocenters. The Morgan fingerprint density at radius 2 is 1.84 bits per heavy atom. The molecule has 1 aromatic heterocycles. The monoisotopic (exact) mass is 375 g/mol.